The number of urea groups is 1. The summed E-state index contributed by atoms with van der Waals surface area (Å²) in [6.45, 7) is 2.11. The molecule has 2 heterocycles. The van der Waals surface area contributed by atoms with Crippen LogP contribution < -0.4 is 10.2 Å². The Kier molecular flexibility index (Phi) is 6.48. The Morgan fingerprint density at radius 2 is 1.70 bits per heavy atom. The number of rotatable bonds is 6. The number of amides is 4. The van der Waals surface area contributed by atoms with E-state index in [0.717, 1.165) is 24.2 Å². The summed E-state index contributed by atoms with van der Waals surface area (Å²) in [6, 6.07) is 12.8. The molecule has 0 radical (unpaired) electrons. The smallest absolute Gasteiger partial charge is 0.324 e. The van der Waals surface area contributed by atoms with Crippen molar-refractivity contribution in [2.24, 2.45) is 0 Å². The van der Waals surface area contributed by atoms with Crippen molar-refractivity contribution in [1.82, 2.24) is 9.21 Å². The zero-order valence-corrected chi connectivity index (χ0v) is 19.2. The average molecular weight is 471 g/mol. The van der Waals surface area contributed by atoms with Crippen LogP contribution in [0.4, 0.5) is 16.2 Å². The quantitative estimate of drug-likeness (QED) is 0.653. The van der Waals surface area contributed by atoms with Crippen molar-refractivity contribution in [3.8, 4) is 0 Å². The molecular weight excluding hydrogens is 444 g/mol. The third-order valence-electron chi connectivity index (χ3n) is 5.86. The minimum Gasteiger partial charge on any atom is -0.324 e. The van der Waals surface area contributed by atoms with Gasteiger partial charge >= 0.3 is 6.03 Å². The third-order valence-corrected chi connectivity index (χ3v) is 7.76. The lowest BCUT2D eigenvalue weighted by atomic mass is 10.2. The highest BCUT2D eigenvalue weighted by Crippen LogP contribution is 2.26. The topological polar surface area (TPSA) is 107 Å². The molecule has 1 N–H and O–H groups in total. The Bertz CT molecular complexity index is 1180. The minimum absolute atomic E-state index is 0.105. The normalized spacial score (nSPS) is 17.5. The molecule has 0 atom stereocenters. The standard InChI is InChI=1S/C23H26N4O5S/c1-17-10-11-19(33(31,32)25-12-6-3-7-13-25)14-20(17)24-21(28)15-27-22(29)16-26(23(27)30)18-8-4-2-5-9-18/h2,4-5,8-11,14H,3,6-7,12-13,15-16H2,1H3,(H,24,28). The van der Waals surface area contributed by atoms with Gasteiger partial charge in [0.25, 0.3) is 5.91 Å². The summed E-state index contributed by atoms with van der Waals surface area (Å²) in [4.78, 5) is 40.1. The van der Waals surface area contributed by atoms with Crippen LogP contribution in [0.25, 0.3) is 0 Å². The van der Waals surface area contributed by atoms with Crippen molar-refractivity contribution in [2.45, 2.75) is 31.1 Å². The van der Waals surface area contributed by atoms with Crippen molar-refractivity contribution in [2.75, 3.05) is 36.4 Å². The molecule has 0 spiro atoms. The van der Waals surface area contributed by atoms with Crippen LogP contribution in [-0.4, -0.2) is 61.6 Å². The average Bonchev–Trinajstić information content (AvgIpc) is 3.10. The van der Waals surface area contributed by atoms with Gasteiger partial charge in [0.1, 0.15) is 13.1 Å². The fraction of sp³-hybridized carbons (Fsp3) is 0.348. The molecule has 0 bridgehead atoms. The summed E-state index contributed by atoms with van der Waals surface area (Å²) in [5, 5.41) is 2.66. The minimum atomic E-state index is -3.66. The monoisotopic (exact) mass is 470 g/mol. The van der Waals surface area contributed by atoms with Crippen molar-refractivity contribution in [3.63, 3.8) is 0 Å². The number of hydrogen-bond acceptors (Lipinski definition) is 5. The number of hydrogen-bond donors (Lipinski definition) is 1. The fourth-order valence-corrected chi connectivity index (χ4v) is 5.53. The predicted molar refractivity (Wildman–Crippen MR) is 123 cm³/mol. The van der Waals surface area contributed by atoms with Crippen LogP contribution in [0.5, 0.6) is 0 Å². The van der Waals surface area contributed by atoms with Gasteiger partial charge in [-0.25, -0.2) is 13.2 Å². The van der Waals surface area contributed by atoms with E-state index in [9.17, 15) is 22.8 Å². The zero-order valence-electron chi connectivity index (χ0n) is 18.4. The Labute approximate surface area is 193 Å². The van der Waals surface area contributed by atoms with E-state index in [1.807, 2.05) is 0 Å². The summed E-state index contributed by atoms with van der Waals surface area (Å²) in [5.41, 5.74) is 1.58. The van der Waals surface area contributed by atoms with Gasteiger partial charge in [0.15, 0.2) is 0 Å². The van der Waals surface area contributed by atoms with Gasteiger partial charge in [-0.1, -0.05) is 30.7 Å². The van der Waals surface area contributed by atoms with E-state index in [4.69, 9.17) is 0 Å². The summed E-state index contributed by atoms with van der Waals surface area (Å²) in [7, 11) is -3.66. The molecule has 2 aromatic rings. The maximum atomic E-state index is 13.0. The second-order valence-electron chi connectivity index (χ2n) is 8.17. The zero-order chi connectivity index (χ0) is 23.6. The molecule has 2 aliphatic heterocycles. The number of nitrogens with one attached hydrogen (secondary N) is 1. The van der Waals surface area contributed by atoms with Crippen molar-refractivity contribution >= 4 is 39.2 Å². The molecular formula is C23H26N4O5S. The highest BCUT2D eigenvalue weighted by molar-refractivity contribution is 7.89. The van der Waals surface area contributed by atoms with E-state index in [2.05, 4.69) is 5.32 Å². The van der Waals surface area contributed by atoms with Crippen LogP contribution in [0, 0.1) is 6.92 Å². The molecule has 2 aromatic carbocycles. The van der Waals surface area contributed by atoms with Gasteiger partial charge in [-0.2, -0.15) is 4.31 Å². The SMILES string of the molecule is Cc1ccc(S(=O)(=O)N2CCCCC2)cc1NC(=O)CN1C(=O)CN(c2ccccc2)C1=O. The molecule has 0 unspecified atom stereocenters. The molecule has 2 saturated heterocycles. The van der Waals surface area contributed by atoms with E-state index in [1.54, 1.807) is 43.3 Å². The Balaban J connectivity index is 1.47. The number of anilines is 2. The molecule has 4 amide bonds. The molecule has 2 aliphatic rings. The largest absolute Gasteiger partial charge is 0.332 e. The number of carbonyl (C=O) groups is 3. The molecule has 174 valence electrons. The van der Waals surface area contributed by atoms with E-state index >= 15 is 0 Å². The predicted octanol–water partition coefficient (Wildman–Crippen LogP) is 2.58. The number of piperidine rings is 1. The van der Waals surface area contributed by atoms with E-state index in [-0.39, 0.29) is 11.4 Å². The fourth-order valence-electron chi connectivity index (χ4n) is 3.99. The molecule has 0 saturated carbocycles. The Morgan fingerprint density at radius 3 is 2.39 bits per heavy atom. The lowest BCUT2D eigenvalue weighted by Gasteiger charge is -2.26. The second kappa shape index (κ2) is 9.32. The summed E-state index contributed by atoms with van der Waals surface area (Å²) >= 11 is 0. The molecule has 9 nitrogen and oxygen atoms in total. The lowest BCUT2D eigenvalue weighted by Crippen LogP contribution is -2.39. The molecule has 0 aromatic heterocycles. The van der Waals surface area contributed by atoms with E-state index in [0.29, 0.717) is 30.0 Å². The highest BCUT2D eigenvalue weighted by atomic mass is 32.2. The van der Waals surface area contributed by atoms with Crippen LogP contribution in [0.3, 0.4) is 0 Å². The Hall–Kier alpha value is -3.24. The molecule has 2 fully saturated rings. The number of imide groups is 1. The first-order chi connectivity index (χ1) is 15.8. The lowest BCUT2D eigenvalue weighted by molar-refractivity contribution is -0.128. The maximum absolute atomic E-state index is 13.0. The molecule has 0 aliphatic carbocycles. The number of nitrogens with zero attached hydrogens (tertiary/aromatic N) is 3. The number of aryl methyl sites for hydroxylation is 1. The molecule has 33 heavy (non-hydrogen) atoms. The number of sulfonamides is 1. The second-order valence-corrected chi connectivity index (χ2v) is 10.1. The van der Waals surface area contributed by atoms with Gasteiger partial charge in [0.2, 0.25) is 15.9 Å². The Morgan fingerprint density at radius 1 is 1.00 bits per heavy atom. The van der Waals surface area contributed by atoms with Crippen molar-refractivity contribution in [3.05, 3.63) is 54.1 Å². The van der Waals surface area contributed by atoms with Gasteiger partial charge in [0, 0.05) is 24.5 Å². The summed E-state index contributed by atoms with van der Waals surface area (Å²) in [6.07, 6.45) is 2.66. The molecule has 10 heteroatoms. The van der Waals surface area contributed by atoms with Crippen LogP contribution in [0.15, 0.2) is 53.4 Å². The van der Waals surface area contributed by atoms with Gasteiger partial charge < -0.3 is 5.32 Å². The first kappa shape index (κ1) is 22.9. The van der Waals surface area contributed by atoms with Crippen LogP contribution in [0.2, 0.25) is 0 Å². The van der Waals surface area contributed by atoms with Gasteiger partial charge in [0.05, 0.1) is 4.90 Å². The third kappa shape index (κ3) is 4.76. The van der Waals surface area contributed by atoms with E-state index < -0.39 is 34.4 Å². The first-order valence-corrected chi connectivity index (χ1v) is 12.3. The van der Waals surface area contributed by atoms with Crippen molar-refractivity contribution in [1.29, 1.82) is 0 Å². The van der Waals surface area contributed by atoms with E-state index in [1.165, 1.54) is 21.3 Å². The van der Waals surface area contributed by atoms with Gasteiger partial charge in [-0.15, -0.1) is 0 Å². The number of benzene rings is 2. The first-order valence-electron chi connectivity index (χ1n) is 10.8. The summed E-state index contributed by atoms with van der Waals surface area (Å²) < 4.78 is 27.4. The maximum Gasteiger partial charge on any atom is 0.332 e. The van der Waals surface area contributed by atoms with Crippen LogP contribution in [0.1, 0.15) is 24.8 Å². The van der Waals surface area contributed by atoms with Crippen LogP contribution in [-0.2, 0) is 19.6 Å². The highest BCUT2D eigenvalue weighted by Gasteiger charge is 2.38. The number of carbonyl (C=O) groups excluding carboxylic acids is 3. The summed E-state index contributed by atoms with van der Waals surface area (Å²) in [5.74, 6) is -1.06. The molecule has 4 rings (SSSR count). The van der Waals surface area contributed by atoms with Gasteiger partial charge in [-0.3, -0.25) is 19.4 Å². The number of para-hydroxylation sites is 1. The van der Waals surface area contributed by atoms with Crippen molar-refractivity contribution < 1.29 is 22.8 Å². The van der Waals surface area contributed by atoms with Crippen LogP contribution >= 0.6 is 0 Å². The van der Waals surface area contributed by atoms with Gasteiger partial charge in [-0.05, 0) is 49.6 Å².